The van der Waals surface area contributed by atoms with Crippen LogP contribution < -0.4 is 10.5 Å². The first-order valence-corrected chi connectivity index (χ1v) is 6.27. The van der Waals surface area contributed by atoms with Crippen LogP contribution in [0.3, 0.4) is 0 Å². The van der Waals surface area contributed by atoms with E-state index in [0.717, 1.165) is 31.6 Å². The smallest absolute Gasteiger partial charge is 0.271 e. The molecule has 0 bridgehead atoms. The third kappa shape index (κ3) is 2.91. The minimum absolute atomic E-state index is 0.00267. The van der Waals surface area contributed by atoms with Gasteiger partial charge in [0.25, 0.3) is 5.69 Å². The lowest BCUT2D eigenvalue weighted by atomic mass is 9.89. The zero-order chi connectivity index (χ0) is 13.1. The number of nitro groups is 1. The molecule has 1 aliphatic rings. The van der Waals surface area contributed by atoms with Crippen LogP contribution in [-0.4, -0.2) is 11.0 Å². The van der Waals surface area contributed by atoms with Crippen molar-refractivity contribution in [3.63, 3.8) is 0 Å². The highest BCUT2D eigenvalue weighted by atomic mass is 16.6. The second-order valence-corrected chi connectivity index (χ2v) is 4.98. The quantitative estimate of drug-likeness (QED) is 0.508. The summed E-state index contributed by atoms with van der Waals surface area (Å²) in [6.45, 7) is 2.25. The number of nitrogens with zero attached hydrogens (tertiary/aromatic N) is 1. The van der Waals surface area contributed by atoms with Crippen molar-refractivity contribution >= 4 is 11.4 Å². The van der Waals surface area contributed by atoms with Crippen LogP contribution in [0.1, 0.15) is 32.6 Å². The van der Waals surface area contributed by atoms with Gasteiger partial charge in [-0.1, -0.05) is 6.92 Å². The second-order valence-electron chi connectivity index (χ2n) is 4.98. The highest BCUT2D eigenvalue weighted by Gasteiger charge is 2.20. The monoisotopic (exact) mass is 250 g/mol. The van der Waals surface area contributed by atoms with Gasteiger partial charge in [0, 0.05) is 12.1 Å². The number of non-ortho nitro benzene ring substituents is 1. The summed E-state index contributed by atoms with van der Waals surface area (Å²) in [7, 11) is 0. The van der Waals surface area contributed by atoms with Crippen LogP contribution in [-0.2, 0) is 0 Å². The molecule has 0 spiro atoms. The predicted octanol–water partition coefficient (Wildman–Crippen LogP) is 3.13. The Labute approximate surface area is 106 Å². The van der Waals surface area contributed by atoms with Gasteiger partial charge in [0.1, 0.15) is 5.75 Å². The maximum Gasteiger partial charge on any atom is 0.271 e. The molecule has 0 aliphatic heterocycles. The Balaban J connectivity index is 2.03. The van der Waals surface area contributed by atoms with E-state index in [9.17, 15) is 10.1 Å². The van der Waals surface area contributed by atoms with Crippen molar-refractivity contribution in [2.45, 2.75) is 38.7 Å². The van der Waals surface area contributed by atoms with E-state index < -0.39 is 4.92 Å². The topological polar surface area (TPSA) is 78.4 Å². The molecule has 5 heteroatoms. The molecule has 0 atom stereocenters. The Kier molecular flexibility index (Phi) is 3.69. The number of hydrogen-bond donors (Lipinski definition) is 1. The fourth-order valence-corrected chi connectivity index (χ4v) is 2.28. The van der Waals surface area contributed by atoms with Crippen LogP contribution in [0, 0.1) is 16.0 Å². The van der Waals surface area contributed by atoms with E-state index in [-0.39, 0.29) is 11.8 Å². The normalized spacial score (nSPS) is 23.6. The van der Waals surface area contributed by atoms with Crippen molar-refractivity contribution in [1.29, 1.82) is 0 Å². The molecule has 0 aromatic heterocycles. The number of rotatable bonds is 3. The van der Waals surface area contributed by atoms with Crippen molar-refractivity contribution in [3.8, 4) is 5.75 Å². The number of benzene rings is 1. The molecule has 2 N–H and O–H groups in total. The average Bonchev–Trinajstić information content (AvgIpc) is 2.34. The molecule has 2 rings (SSSR count). The lowest BCUT2D eigenvalue weighted by molar-refractivity contribution is -0.384. The van der Waals surface area contributed by atoms with E-state index in [1.807, 2.05) is 0 Å². The molecule has 1 aromatic rings. The molecule has 0 heterocycles. The number of nitrogens with two attached hydrogens (primary N) is 1. The molecular formula is C13H18N2O3. The molecule has 1 aromatic carbocycles. The van der Waals surface area contributed by atoms with Crippen molar-refractivity contribution in [2.24, 2.45) is 5.92 Å². The lowest BCUT2D eigenvalue weighted by Crippen LogP contribution is -2.23. The number of hydrogen-bond acceptors (Lipinski definition) is 4. The number of nitro benzene ring substituents is 1. The van der Waals surface area contributed by atoms with Gasteiger partial charge in [-0.3, -0.25) is 10.1 Å². The van der Waals surface area contributed by atoms with Crippen LogP contribution in [0.25, 0.3) is 0 Å². The molecule has 0 unspecified atom stereocenters. The van der Waals surface area contributed by atoms with Gasteiger partial charge in [-0.15, -0.1) is 0 Å². The fourth-order valence-electron chi connectivity index (χ4n) is 2.28. The Morgan fingerprint density at radius 1 is 1.33 bits per heavy atom. The first-order chi connectivity index (χ1) is 8.56. The molecule has 1 aliphatic carbocycles. The maximum atomic E-state index is 10.6. The third-order valence-corrected chi connectivity index (χ3v) is 3.46. The van der Waals surface area contributed by atoms with Crippen LogP contribution in [0.15, 0.2) is 18.2 Å². The highest BCUT2D eigenvalue weighted by molar-refractivity contribution is 5.58. The fraction of sp³-hybridized carbons (Fsp3) is 0.538. The van der Waals surface area contributed by atoms with Crippen LogP contribution in [0.5, 0.6) is 5.75 Å². The summed E-state index contributed by atoms with van der Waals surface area (Å²) in [6.07, 6.45) is 4.56. The van der Waals surface area contributed by atoms with Gasteiger partial charge < -0.3 is 10.5 Å². The SMILES string of the molecule is CC1CCC(Oc2ccc([N+](=O)[O-])cc2N)CC1. The van der Waals surface area contributed by atoms with Gasteiger partial charge in [-0.2, -0.15) is 0 Å². The molecule has 18 heavy (non-hydrogen) atoms. The van der Waals surface area contributed by atoms with Gasteiger partial charge in [-0.25, -0.2) is 0 Å². The molecule has 1 saturated carbocycles. The molecule has 98 valence electrons. The van der Waals surface area contributed by atoms with Crippen molar-refractivity contribution in [1.82, 2.24) is 0 Å². The highest BCUT2D eigenvalue weighted by Crippen LogP contribution is 2.31. The summed E-state index contributed by atoms with van der Waals surface area (Å²) in [5.74, 6) is 1.32. The number of ether oxygens (including phenoxy) is 1. The van der Waals surface area contributed by atoms with Gasteiger partial charge in [0.2, 0.25) is 0 Å². The van der Waals surface area contributed by atoms with Crippen molar-refractivity contribution in [3.05, 3.63) is 28.3 Å². The van der Waals surface area contributed by atoms with Gasteiger partial charge >= 0.3 is 0 Å². The standard InChI is InChI=1S/C13H18N2O3/c1-9-2-5-11(6-3-9)18-13-7-4-10(15(16)17)8-12(13)14/h4,7-9,11H,2-3,5-6,14H2,1H3. The maximum absolute atomic E-state index is 10.6. The summed E-state index contributed by atoms with van der Waals surface area (Å²) >= 11 is 0. The van der Waals surface area contributed by atoms with E-state index in [2.05, 4.69) is 6.92 Å². The van der Waals surface area contributed by atoms with Crippen LogP contribution in [0.2, 0.25) is 0 Å². The Bertz CT molecular complexity index is 440. The van der Waals surface area contributed by atoms with Crippen LogP contribution in [0.4, 0.5) is 11.4 Å². The number of anilines is 1. The summed E-state index contributed by atoms with van der Waals surface area (Å²) in [4.78, 5) is 10.1. The summed E-state index contributed by atoms with van der Waals surface area (Å²) in [6, 6.07) is 4.36. The van der Waals surface area contributed by atoms with E-state index in [1.54, 1.807) is 6.07 Å². The number of nitrogen functional groups attached to an aromatic ring is 1. The summed E-state index contributed by atoms with van der Waals surface area (Å²) < 4.78 is 5.82. The minimum Gasteiger partial charge on any atom is -0.488 e. The lowest BCUT2D eigenvalue weighted by Gasteiger charge is -2.27. The van der Waals surface area contributed by atoms with Crippen LogP contribution >= 0.6 is 0 Å². The van der Waals surface area contributed by atoms with E-state index in [4.69, 9.17) is 10.5 Å². The van der Waals surface area contributed by atoms with E-state index in [1.165, 1.54) is 12.1 Å². The zero-order valence-electron chi connectivity index (χ0n) is 10.5. The second kappa shape index (κ2) is 5.25. The van der Waals surface area contributed by atoms with Gasteiger partial charge in [0.05, 0.1) is 16.7 Å². The third-order valence-electron chi connectivity index (χ3n) is 3.46. The molecular weight excluding hydrogens is 232 g/mol. The van der Waals surface area contributed by atoms with Crippen molar-refractivity contribution in [2.75, 3.05) is 5.73 Å². The molecule has 0 amide bonds. The first kappa shape index (κ1) is 12.7. The molecule has 0 radical (unpaired) electrons. The molecule has 0 saturated heterocycles. The van der Waals surface area contributed by atoms with E-state index in [0.29, 0.717) is 11.4 Å². The Morgan fingerprint density at radius 2 is 2.00 bits per heavy atom. The minimum atomic E-state index is -0.456. The predicted molar refractivity (Wildman–Crippen MR) is 69.6 cm³/mol. The summed E-state index contributed by atoms with van der Waals surface area (Å²) in [5, 5.41) is 10.6. The Morgan fingerprint density at radius 3 is 2.56 bits per heavy atom. The first-order valence-electron chi connectivity index (χ1n) is 6.27. The largest absolute Gasteiger partial charge is 0.488 e. The van der Waals surface area contributed by atoms with Gasteiger partial charge in [0.15, 0.2) is 0 Å². The summed E-state index contributed by atoms with van der Waals surface area (Å²) in [5.41, 5.74) is 6.11. The average molecular weight is 250 g/mol. The van der Waals surface area contributed by atoms with E-state index >= 15 is 0 Å². The molecule has 5 nitrogen and oxygen atoms in total. The molecule has 1 fully saturated rings. The van der Waals surface area contributed by atoms with Gasteiger partial charge in [-0.05, 0) is 37.7 Å². The van der Waals surface area contributed by atoms with Crippen molar-refractivity contribution < 1.29 is 9.66 Å². The Hall–Kier alpha value is -1.78. The zero-order valence-corrected chi connectivity index (χ0v) is 10.5.